The van der Waals surface area contributed by atoms with Crippen molar-refractivity contribution < 1.29 is 8.42 Å². The normalized spacial score (nSPS) is 14.4. The maximum Gasteiger partial charge on any atom is 0.209 e. The van der Waals surface area contributed by atoms with Crippen LogP contribution in [0.2, 0.25) is 0 Å². The maximum atomic E-state index is 10.6. The molecule has 0 aromatic carbocycles. The summed E-state index contributed by atoms with van der Waals surface area (Å²) in [4.78, 5) is 0. The Balaban J connectivity index is 3.36. The van der Waals surface area contributed by atoms with Crippen LogP contribution in [-0.2, 0) is 10.0 Å². The predicted octanol–water partition coefficient (Wildman–Crippen LogP) is 0.443. The molecular weight excluding hydrogens is 188 g/mol. The molecule has 0 saturated heterocycles. The van der Waals surface area contributed by atoms with Crippen LogP contribution in [0.15, 0.2) is 0 Å². The van der Waals surface area contributed by atoms with E-state index in [1.165, 1.54) is 0 Å². The van der Waals surface area contributed by atoms with Gasteiger partial charge in [0.1, 0.15) is 0 Å². The van der Waals surface area contributed by atoms with Crippen molar-refractivity contribution in [2.75, 3.05) is 12.3 Å². The average Bonchev–Trinajstić information content (AvgIpc) is 1.97. The van der Waals surface area contributed by atoms with Gasteiger partial charge in [-0.25, -0.2) is 13.6 Å². The lowest BCUT2D eigenvalue weighted by Gasteiger charge is -2.11. The van der Waals surface area contributed by atoms with E-state index >= 15 is 0 Å². The third kappa shape index (κ3) is 9.79. The SMILES string of the molecule is CCCC(C)NCCCS(N)(=O)=O. The second-order valence-electron chi connectivity index (χ2n) is 3.36. The zero-order valence-corrected chi connectivity index (χ0v) is 9.23. The van der Waals surface area contributed by atoms with Crippen LogP contribution in [0, 0.1) is 0 Å². The third-order valence-electron chi connectivity index (χ3n) is 1.82. The Morgan fingerprint density at radius 3 is 2.54 bits per heavy atom. The highest BCUT2D eigenvalue weighted by atomic mass is 32.2. The Bertz CT molecular complexity index is 214. The summed E-state index contributed by atoms with van der Waals surface area (Å²) in [5.74, 6) is 0.0683. The molecule has 5 heteroatoms. The molecule has 0 spiro atoms. The minimum Gasteiger partial charge on any atom is -0.314 e. The van der Waals surface area contributed by atoms with Crippen molar-refractivity contribution >= 4 is 10.0 Å². The fraction of sp³-hybridized carbons (Fsp3) is 1.00. The lowest BCUT2D eigenvalue weighted by Crippen LogP contribution is -2.28. The minimum absolute atomic E-state index is 0.0683. The Labute approximate surface area is 80.9 Å². The molecule has 13 heavy (non-hydrogen) atoms. The van der Waals surface area contributed by atoms with Crippen molar-refractivity contribution in [3.8, 4) is 0 Å². The van der Waals surface area contributed by atoms with Crippen LogP contribution in [0.25, 0.3) is 0 Å². The van der Waals surface area contributed by atoms with Crippen LogP contribution in [-0.4, -0.2) is 26.8 Å². The highest BCUT2D eigenvalue weighted by Gasteiger charge is 2.03. The van der Waals surface area contributed by atoms with Crippen LogP contribution in [0.1, 0.15) is 33.1 Å². The van der Waals surface area contributed by atoms with E-state index in [0.29, 0.717) is 12.5 Å². The van der Waals surface area contributed by atoms with Gasteiger partial charge in [-0.05, 0) is 26.3 Å². The first-order valence-electron chi connectivity index (χ1n) is 4.69. The number of nitrogens with two attached hydrogens (primary N) is 1. The average molecular weight is 208 g/mol. The molecule has 3 N–H and O–H groups in total. The second-order valence-corrected chi connectivity index (χ2v) is 5.10. The highest BCUT2D eigenvalue weighted by Crippen LogP contribution is 1.94. The van der Waals surface area contributed by atoms with Gasteiger partial charge in [-0.15, -0.1) is 0 Å². The van der Waals surface area contributed by atoms with Crippen LogP contribution < -0.4 is 10.5 Å². The maximum absolute atomic E-state index is 10.6. The molecule has 0 aromatic heterocycles. The smallest absolute Gasteiger partial charge is 0.209 e. The fourth-order valence-corrected chi connectivity index (χ4v) is 1.70. The van der Waals surface area contributed by atoms with E-state index in [2.05, 4.69) is 19.2 Å². The Kier molecular flexibility index (Phi) is 6.28. The van der Waals surface area contributed by atoms with Crippen molar-refractivity contribution in [3.63, 3.8) is 0 Å². The monoisotopic (exact) mass is 208 g/mol. The van der Waals surface area contributed by atoms with Crippen LogP contribution in [0.5, 0.6) is 0 Å². The van der Waals surface area contributed by atoms with E-state index in [0.717, 1.165) is 19.4 Å². The quantitative estimate of drug-likeness (QED) is 0.596. The van der Waals surface area contributed by atoms with Crippen molar-refractivity contribution in [2.45, 2.75) is 39.2 Å². The molecule has 0 rings (SSSR count). The molecule has 80 valence electrons. The van der Waals surface area contributed by atoms with Crippen molar-refractivity contribution in [3.05, 3.63) is 0 Å². The number of hydrogen-bond donors (Lipinski definition) is 2. The molecule has 1 unspecified atom stereocenters. The summed E-state index contributed by atoms with van der Waals surface area (Å²) in [6, 6.07) is 0.463. The lowest BCUT2D eigenvalue weighted by atomic mass is 10.2. The highest BCUT2D eigenvalue weighted by molar-refractivity contribution is 7.89. The second kappa shape index (κ2) is 6.34. The Morgan fingerprint density at radius 2 is 2.08 bits per heavy atom. The van der Waals surface area contributed by atoms with Gasteiger partial charge in [-0.1, -0.05) is 13.3 Å². The summed E-state index contributed by atoms with van der Waals surface area (Å²) in [6.45, 7) is 4.95. The van der Waals surface area contributed by atoms with Gasteiger partial charge < -0.3 is 5.32 Å². The molecule has 0 aromatic rings. The van der Waals surface area contributed by atoms with E-state index in [1.807, 2.05) is 0 Å². The lowest BCUT2D eigenvalue weighted by molar-refractivity contribution is 0.506. The first kappa shape index (κ1) is 12.9. The van der Waals surface area contributed by atoms with Crippen LogP contribution in [0.3, 0.4) is 0 Å². The van der Waals surface area contributed by atoms with Crippen molar-refractivity contribution in [1.29, 1.82) is 0 Å². The number of hydrogen-bond acceptors (Lipinski definition) is 3. The molecule has 0 fully saturated rings. The van der Waals surface area contributed by atoms with E-state index in [9.17, 15) is 8.42 Å². The largest absolute Gasteiger partial charge is 0.314 e. The molecule has 1 atom stereocenters. The number of primary sulfonamides is 1. The first-order valence-corrected chi connectivity index (χ1v) is 6.41. The summed E-state index contributed by atoms with van der Waals surface area (Å²) in [7, 11) is -3.27. The van der Waals surface area contributed by atoms with E-state index in [1.54, 1.807) is 0 Å². The Morgan fingerprint density at radius 1 is 1.46 bits per heavy atom. The number of nitrogens with one attached hydrogen (secondary N) is 1. The van der Waals surface area contributed by atoms with Gasteiger partial charge in [-0.3, -0.25) is 0 Å². The molecule has 4 nitrogen and oxygen atoms in total. The van der Waals surface area contributed by atoms with Crippen molar-refractivity contribution in [1.82, 2.24) is 5.32 Å². The van der Waals surface area contributed by atoms with Gasteiger partial charge in [0, 0.05) is 6.04 Å². The molecule has 0 saturated carbocycles. The van der Waals surface area contributed by atoms with Gasteiger partial charge in [-0.2, -0.15) is 0 Å². The van der Waals surface area contributed by atoms with Crippen LogP contribution in [0.4, 0.5) is 0 Å². The molecule has 0 heterocycles. The van der Waals surface area contributed by atoms with E-state index in [4.69, 9.17) is 5.14 Å². The molecule has 0 radical (unpaired) electrons. The minimum atomic E-state index is -3.27. The third-order valence-corrected chi connectivity index (χ3v) is 2.68. The molecule has 0 aliphatic heterocycles. The van der Waals surface area contributed by atoms with E-state index in [-0.39, 0.29) is 5.75 Å². The van der Waals surface area contributed by atoms with Gasteiger partial charge in [0.25, 0.3) is 0 Å². The summed E-state index contributed by atoms with van der Waals surface area (Å²) in [6.07, 6.45) is 2.85. The van der Waals surface area contributed by atoms with Crippen molar-refractivity contribution in [2.24, 2.45) is 5.14 Å². The zero-order valence-electron chi connectivity index (χ0n) is 8.41. The van der Waals surface area contributed by atoms with Gasteiger partial charge >= 0.3 is 0 Å². The molecule has 0 aliphatic rings. The summed E-state index contributed by atoms with van der Waals surface area (Å²) < 4.78 is 21.1. The number of sulfonamides is 1. The van der Waals surface area contributed by atoms with Crippen LogP contribution >= 0.6 is 0 Å². The number of rotatable bonds is 7. The summed E-state index contributed by atoms with van der Waals surface area (Å²) in [5.41, 5.74) is 0. The molecule has 0 aliphatic carbocycles. The van der Waals surface area contributed by atoms with Gasteiger partial charge in [0.2, 0.25) is 10.0 Å². The fourth-order valence-electron chi connectivity index (χ4n) is 1.16. The standard InChI is InChI=1S/C8H20N2O2S/c1-3-5-8(2)10-6-4-7-13(9,11)12/h8,10H,3-7H2,1-2H3,(H2,9,11,12). The topological polar surface area (TPSA) is 72.2 Å². The zero-order chi connectivity index (χ0) is 10.3. The summed E-state index contributed by atoms with van der Waals surface area (Å²) >= 11 is 0. The van der Waals surface area contributed by atoms with Gasteiger partial charge in [0.05, 0.1) is 5.75 Å². The van der Waals surface area contributed by atoms with Gasteiger partial charge in [0.15, 0.2) is 0 Å². The molecule has 0 amide bonds. The van der Waals surface area contributed by atoms with E-state index < -0.39 is 10.0 Å². The first-order chi connectivity index (χ1) is 5.95. The Hall–Kier alpha value is -0.130. The molecule has 0 bridgehead atoms. The predicted molar refractivity (Wildman–Crippen MR) is 55.0 cm³/mol. The molecular formula is C8H20N2O2S. The summed E-state index contributed by atoms with van der Waals surface area (Å²) in [5, 5.41) is 8.09.